The lowest BCUT2D eigenvalue weighted by molar-refractivity contribution is -0.120. The van der Waals surface area contributed by atoms with Crippen molar-refractivity contribution >= 4 is 5.91 Å². The first-order chi connectivity index (χ1) is 9.60. The first-order valence-corrected chi connectivity index (χ1v) is 6.93. The molecule has 1 amide bonds. The minimum absolute atomic E-state index is 0.0747. The van der Waals surface area contributed by atoms with Crippen LogP contribution in [0.25, 0.3) is 0 Å². The van der Waals surface area contributed by atoms with Gasteiger partial charge in [0.2, 0.25) is 5.91 Å². The van der Waals surface area contributed by atoms with Gasteiger partial charge in [-0.3, -0.25) is 4.79 Å². The Morgan fingerprint density at radius 1 is 1.50 bits per heavy atom. The molecular formula is C15H21FN2O2. The summed E-state index contributed by atoms with van der Waals surface area (Å²) in [5.74, 6) is 0.460. The summed E-state index contributed by atoms with van der Waals surface area (Å²) in [4.78, 5) is 11.7. The largest absolute Gasteiger partial charge is 0.494 e. The van der Waals surface area contributed by atoms with E-state index in [2.05, 4.69) is 10.6 Å². The molecule has 0 aromatic heterocycles. The van der Waals surface area contributed by atoms with E-state index in [0.29, 0.717) is 6.54 Å². The molecular weight excluding hydrogens is 259 g/mol. The highest BCUT2D eigenvalue weighted by Gasteiger charge is 2.20. The number of benzene rings is 1. The molecule has 1 aromatic carbocycles. The Morgan fingerprint density at radius 2 is 2.25 bits per heavy atom. The van der Waals surface area contributed by atoms with E-state index < -0.39 is 5.82 Å². The maximum Gasteiger partial charge on any atom is 0.234 e. The minimum atomic E-state index is -0.419. The quantitative estimate of drug-likeness (QED) is 0.803. The van der Waals surface area contributed by atoms with Gasteiger partial charge in [0, 0.05) is 0 Å². The number of hydrogen-bond acceptors (Lipinski definition) is 3. The predicted molar refractivity (Wildman–Crippen MR) is 75.1 cm³/mol. The predicted octanol–water partition coefficient (Wildman–Crippen LogP) is 2.01. The van der Waals surface area contributed by atoms with Gasteiger partial charge in [-0.25, -0.2) is 4.39 Å². The average Bonchev–Trinajstić information content (AvgIpc) is 3.22. The lowest BCUT2D eigenvalue weighted by atomic mass is 10.1. The maximum atomic E-state index is 13.6. The Hall–Kier alpha value is -1.62. The van der Waals surface area contributed by atoms with E-state index in [4.69, 9.17) is 4.74 Å². The molecule has 1 aliphatic rings. The highest BCUT2D eigenvalue weighted by molar-refractivity contribution is 5.78. The number of amides is 1. The van der Waals surface area contributed by atoms with Crippen molar-refractivity contribution in [1.82, 2.24) is 10.6 Å². The first kappa shape index (κ1) is 14.8. The maximum absolute atomic E-state index is 13.6. The van der Waals surface area contributed by atoms with Crippen molar-refractivity contribution in [2.75, 3.05) is 20.2 Å². The average molecular weight is 280 g/mol. The van der Waals surface area contributed by atoms with E-state index in [1.165, 1.54) is 26.0 Å². The summed E-state index contributed by atoms with van der Waals surface area (Å²) in [6, 6.07) is 4.48. The smallest absolute Gasteiger partial charge is 0.234 e. The van der Waals surface area contributed by atoms with Gasteiger partial charge in [0.25, 0.3) is 0 Å². The van der Waals surface area contributed by atoms with Gasteiger partial charge in [0.1, 0.15) is 0 Å². The van der Waals surface area contributed by atoms with Crippen LogP contribution in [0.15, 0.2) is 18.2 Å². The number of hydrogen-bond donors (Lipinski definition) is 2. The van der Waals surface area contributed by atoms with Gasteiger partial charge in [0.15, 0.2) is 11.6 Å². The van der Waals surface area contributed by atoms with E-state index in [-0.39, 0.29) is 17.7 Å². The molecule has 1 aliphatic carbocycles. The molecule has 1 atom stereocenters. The van der Waals surface area contributed by atoms with Crippen LogP contribution in [0.2, 0.25) is 0 Å². The summed E-state index contributed by atoms with van der Waals surface area (Å²) in [7, 11) is 1.43. The molecule has 0 spiro atoms. The Kier molecular flexibility index (Phi) is 4.95. The van der Waals surface area contributed by atoms with Gasteiger partial charge >= 0.3 is 0 Å². The monoisotopic (exact) mass is 280 g/mol. The van der Waals surface area contributed by atoms with Gasteiger partial charge < -0.3 is 15.4 Å². The van der Waals surface area contributed by atoms with Crippen molar-refractivity contribution in [1.29, 1.82) is 0 Å². The Labute approximate surface area is 118 Å². The van der Waals surface area contributed by atoms with Gasteiger partial charge in [-0.15, -0.1) is 0 Å². The summed E-state index contributed by atoms with van der Waals surface area (Å²) in [6.07, 6.45) is 2.52. The van der Waals surface area contributed by atoms with Gasteiger partial charge in [-0.05, 0) is 49.9 Å². The van der Waals surface area contributed by atoms with E-state index in [1.807, 2.05) is 6.92 Å². The molecule has 0 radical (unpaired) electrons. The van der Waals surface area contributed by atoms with Crippen LogP contribution >= 0.6 is 0 Å². The SMILES string of the molecule is COc1ccc([C@H](C)NC(=O)CNCC2CC2)cc1F. The Bertz CT molecular complexity index is 475. The van der Waals surface area contributed by atoms with E-state index in [9.17, 15) is 9.18 Å². The van der Waals surface area contributed by atoms with Crippen LogP contribution in [-0.4, -0.2) is 26.1 Å². The number of rotatable bonds is 7. The fourth-order valence-electron chi connectivity index (χ4n) is 2.04. The number of carbonyl (C=O) groups is 1. The van der Waals surface area contributed by atoms with Crippen LogP contribution in [0, 0.1) is 11.7 Å². The zero-order valence-corrected chi connectivity index (χ0v) is 11.9. The minimum Gasteiger partial charge on any atom is -0.494 e. The molecule has 0 saturated heterocycles. The molecule has 1 saturated carbocycles. The van der Waals surface area contributed by atoms with Crippen molar-refractivity contribution in [3.8, 4) is 5.75 Å². The highest BCUT2D eigenvalue weighted by atomic mass is 19.1. The third kappa shape index (κ3) is 4.20. The van der Waals surface area contributed by atoms with E-state index >= 15 is 0 Å². The summed E-state index contributed by atoms with van der Waals surface area (Å²) in [5, 5.41) is 5.97. The van der Waals surface area contributed by atoms with Crippen molar-refractivity contribution in [3.63, 3.8) is 0 Å². The van der Waals surface area contributed by atoms with Gasteiger partial charge in [0.05, 0.1) is 19.7 Å². The molecule has 0 bridgehead atoms. The van der Waals surface area contributed by atoms with Crippen LogP contribution in [0.5, 0.6) is 5.75 Å². The topological polar surface area (TPSA) is 50.4 Å². The van der Waals surface area contributed by atoms with Crippen LogP contribution in [-0.2, 0) is 4.79 Å². The third-order valence-electron chi connectivity index (χ3n) is 3.47. The molecule has 0 aliphatic heterocycles. The normalized spacial score (nSPS) is 15.8. The van der Waals surface area contributed by atoms with Crippen LogP contribution in [0.4, 0.5) is 4.39 Å². The van der Waals surface area contributed by atoms with Crippen molar-refractivity contribution in [3.05, 3.63) is 29.6 Å². The lowest BCUT2D eigenvalue weighted by Crippen LogP contribution is -2.36. The molecule has 0 heterocycles. The fourth-order valence-corrected chi connectivity index (χ4v) is 2.04. The number of methoxy groups -OCH3 is 1. The summed E-state index contributed by atoms with van der Waals surface area (Å²) < 4.78 is 18.5. The van der Waals surface area contributed by atoms with E-state index in [1.54, 1.807) is 12.1 Å². The second-order valence-electron chi connectivity index (χ2n) is 5.26. The van der Waals surface area contributed by atoms with Crippen LogP contribution in [0.3, 0.4) is 0 Å². The zero-order chi connectivity index (χ0) is 14.5. The molecule has 2 rings (SSSR count). The number of nitrogens with one attached hydrogen (secondary N) is 2. The Balaban J connectivity index is 1.81. The van der Waals surface area contributed by atoms with Crippen LogP contribution in [0.1, 0.15) is 31.4 Å². The Morgan fingerprint density at radius 3 is 2.85 bits per heavy atom. The number of ether oxygens (including phenoxy) is 1. The molecule has 2 N–H and O–H groups in total. The summed E-state index contributed by atoms with van der Waals surface area (Å²) in [5.41, 5.74) is 0.721. The lowest BCUT2D eigenvalue weighted by Gasteiger charge is -2.15. The summed E-state index contributed by atoms with van der Waals surface area (Å²) >= 11 is 0. The van der Waals surface area contributed by atoms with Crippen molar-refractivity contribution in [2.24, 2.45) is 5.92 Å². The third-order valence-corrected chi connectivity index (χ3v) is 3.47. The number of halogens is 1. The molecule has 4 nitrogen and oxygen atoms in total. The van der Waals surface area contributed by atoms with Gasteiger partial charge in [-0.1, -0.05) is 6.07 Å². The molecule has 20 heavy (non-hydrogen) atoms. The second kappa shape index (κ2) is 6.70. The molecule has 0 unspecified atom stereocenters. The molecule has 1 fully saturated rings. The number of carbonyl (C=O) groups excluding carboxylic acids is 1. The van der Waals surface area contributed by atoms with Crippen molar-refractivity contribution < 1.29 is 13.9 Å². The standard InChI is InChI=1S/C15H21FN2O2/c1-10(12-5-6-14(20-2)13(16)7-12)18-15(19)9-17-8-11-3-4-11/h5-7,10-11,17H,3-4,8-9H2,1-2H3,(H,18,19)/t10-/m0/s1. The first-order valence-electron chi connectivity index (χ1n) is 6.93. The molecule has 5 heteroatoms. The highest BCUT2D eigenvalue weighted by Crippen LogP contribution is 2.27. The van der Waals surface area contributed by atoms with E-state index in [0.717, 1.165) is 18.0 Å². The van der Waals surface area contributed by atoms with Crippen LogP contribution < -0.4 is 15.4 Å². The second-order valence-corrected chi connectivity index (χ2v) is 5.26. The molecule has 1 aromatic rings. The van der Waals surface area contributed by atoms with Crippen molar-refractivity contribution in [2.45, 2.75) is 25.8 Å². The van der Waals surface area contributed by atoms with Gasteiger partial charge in [-0.2, -0.15) is 0 Å². The zero-order valence-electron chi connectivity index (χ0n) is 11.9. The molecule has 110 valence electrons. The summed E-state index contributed by atoms with van der Waals surface area (Å²) in [6.45, 7) is 3.04. The fraction of sp³-hybridized carbons (Fsp3) is 0.533.